The summed E-state index contributed by atoms with van der Waals surface area (Å²) < 4.78 is 43.2. The van der Waals surface area contributed by atoms with E-state index in [2.05, 4.69) is 5.32 Å². The summed E-state index contributed by atoms with van der Waals surface area (Å²) >= 11 is 0. The van der Waals surface area contributed by atoms with Gasteiger partial charge in [-0.15, -0.1) is 0 Å². The number of nitrogens with two attached hydrogens (primary N) is 1. The Hall–Kier alpha value is -1.76. The standard InChI is InChI=1S/C14H19F3N2O2/c1-9(2)5-6-21-8-13(20)19-10-3-4-12(18)11(7-10)14(15,16)17/h3-4,7,9H,5-6,8,18H2,1-2H3,(H,19,20). The Bertz CT molecular complexity index is 488. The average Bonchev–Trinajstić information content (AvgIpc) is 2.35. The van der Waals surface area contributed by atoms with Crippen LogP contribution in [0.5, 0.6) is 0 Å². The first kappa shape index (κ1) is 17.3. The number of carbonyl (C=O) groups is 1. The van der Waals surface area contributed by atoms with Crippen LogP contribution >= 0.6 is 0 Å². The van der Waals surface area contributed by atoms with E-state index in [0.29, 0.717) is 12.5 Å². The Morgan fingerprint density at radius 2 is 2.05 bits per heavy atom. The Kier molecular flexibility index (Phi) is 6.02. The summed E-state index contributed by atoms with van der Waals surface area (Å²) in [7, 11) is 0. The summed E-state index contributed by atoms with van der Waals surface area (Å²) in [5, 5.41) is 2.35. The molecule has 7 heteroatoms. The number of alkyl halides is 3. The van der Waals surface area contributed by atoms with Gasteiger partial charge in [0, 0.05) is 18.0 Å². The molecule has 0 fully saturated rings. The number of anilines is 2. The van der Waals surface area contributed by atoms with Gasteiger partial charge in [0.05, 0.1) is 5.56 Å². The van der Waals surface area contributed by atoms with Crippen LogP contribution < -0.4 is 11.1 Å². The average molecular weight is 304 g/mol. The molecule has 0 unspecified atom stereocenters. The predicted molar refractivity (Wildman–Crippen MR) is 74.8 cm³/mol. The minimum atomic E-state index is -4.56. The molecular formula is C14H19F3N2O2. The summed E-state index contributed by atoms with van der Waals surface area (Å²) in [6, 6.07) is 3.23. The van der Waals surface area contributed by atoms with Crippen molar-refractivity contribution in [1.29, 1.82) is 0 Å². The van der Waals surface area contributed by atoms with Crippen LogP contribution in [0.25, 0.3) is 0 Å². The number of nitrogens with one attached hydrogen (secondary N) is 1. The van der Waals surface area contributed by atoms with Gasteiger partial charge in [-0.2, -0.15) is 13.2 Å². The topological polar surface area (TPSA) is 64.3 Å². The lowest BCUT2D eigenvalue weighted by Crippen LogP contribution is -2.19. The molecule has 21 heavy (non-hydrogen) atoms. The molecule has 0 aliphatic carbocycles. The summed E-state index contributed by atoms with van der Waals surface area (Å²) in [6.07, 6.45) is -3.74. The largest absolute Gasteiger partial charge is 0.418 e. The van der Waals surface area contributed by atoms with Crippen molar-refractivity contribution in [2.24, 2.45) is 5.92 Å². The molecule has 0 radical (unpaired) electrons. The number of benzene rings is 1. The van der Waals surface area contributed by atoms with Gasteiger partial charge in [-0.3, -0.25) is 4.79 Å². The SMILES string of the molecule is CC(C)CCOCC(=O)Nc1ccc(N)c(C(F)(F)F)c1. The maximum atomic E-state index is 12.7. The molecular weight excluding hydrogens is 285 g/mol. The summed E-state index contributed by atoms with van der Waals surface area (Å²) in [5.41, 5.74) is 3.96. The summed E-state index contributed by atoms with van der Waals surface area (Å²) in [6.45, 7) is 4.28. The molecule has 1 aromatic rings. The second kappa shape index (κ2) is 7.31. The highest BCUT2D eigenvalue weighted by Crippen LogP contribution is 2.35. The number of carbonyl (C=O) groups excluding carboxylic acids is 1. The van der Waals surface area contributed by atoms with Crippen LogP contribution in [0.4, 0.5) is 24.5 Å². The normalized spacial score (nSPS) is 11.7. The number of hydrogen-bond acceptors (Lipinski definition) is 3. The molecule has 4 nitrogen and oxygen atoms in total. The first-order valence-electron chi connectivity index (χ1n) is 6.54. The Balaban J connectivity index is 2.57. The van der Waals surface area contributed by atoms with Gasteiger partial charge < -0.3 is 15.8 Å². The van der Waals surface area contributed by atoms with Crippen molar-refractivity contribution in [2.75, 3.05) is 24.3 Å². The van der Waals surface area contributed by atoms with E-state index in [9.17, 15) is 18.0 Å². The van der Waals surface area contributed by atoms with E-state index in [-0.39, 0.29) is 18.0 Å². The maximum absolute atomic E-state index is 12.7. The van der Waals surface area contributed by atoms with E-state index < -0.39 is 17.6 Å². The monoisotopic (exact) mass is 304 g/mol. The fraction of sp³-hybridized carbons (Fsp3) is 0.500. The Morgan fingerprint density at radius 3 is 2.62 bits per heavy atom. The van der Waals surface area contributed by atoms with Crippen LogP contribution in [0.2, 0.25) is 0 Å². The van der Waals surface area contributed by atoms with Crippen molar-refractivity contribution < 1.29 is 22.7 Å². The lowest BCUT2D eigenvalue weighted by atomic mass is 10.1. The van der Waals surface area contributed by atoms with E-state index in [1.807, 2.05) is 13.8 Å². The molecule has 0 spiro atoms. The van der Waals surface area contributed by atoms with Gasteiger partial charge in [0.1, 0.15) is 6.61 Å². The maximum Gasteiger partial charge on any atom is 0.418 e. The van der Waals surface area contributed by atoms with E-state index >= 15 is 0 Å². The van der Waals surface area contributed by atoms with Crippen LogP contribution in [-0.4, -0.2) is 19.1 Å². The highest BCUT2D eigenvalue weighted by molar-refractivity contribution is 5.92. The van der Waals surface area contributed by atoms with Crippen LogP contribution in [0.1, 0.15) is 25.8 Å². The van der Waals surface area contributed by atoms with Crippen molar-refractivity contribution >= 4 is 17.3 Å². The number of rotatable bonds is 6. The van der Waals surface area contributed by atoms with Crippen molar-refractivity contribution in [3.05, 3.63) is 23.8 Å². The quantitative estimate of drug-likeness (QED) is 0.626. The summed E-state index contributed by atoms with van der Waals surface area (Å²) in [5.74, 6) is -0.0452. The molecule has 1 rings (SSSR count). The lowest BCUT2D eigenvalue weighted by molar-refractivity contribution is -0.137. The van der Waals surface area contributed by atoms with Gasteiger partial charge in [-0.1, -0.05) is 13.8 Å². The van der Waals surface area contributed by atoms with Crippen LogP contribution in [0.3, 0.4) is 0 Å². The Labute approximate surface area is 121 Å². The third kappa shape index (κ3) is 6.03. The van der Waals surface area contributed by atoms with E-state index in [1.165, 1.54) is 6.07 Å². The minimum absolute atomic E-state index is 0.0361. The summed E-state index contributed by atoms with van der Waals surface area (Å²) in [4.78, 5) is 11.6. The highest BCUT2D eigenvalue weighted by Gasteiger charge is 2.33. The highest BCUT2D eigenvalue weighted by atomic mass is 19.4. The molecule has 1 amide bonds. The van der Waals surface area contributed by atoms with E-state index in [0.717, 1.165) is 18.6 Å². The molecule has 0 atom stereocenters. The number of nitrogen functional groups attached to an aromatic ring is 1. The number of hydrogen-bond donors (Lipinski definition) is 2. The van der Waals surface area contributed by atoms with Crippen LogP contribution in [0, 0.1) is 5.92 Å². The minimum Gasteiger partial charge on any atom is -0.398 e. The smallest absolute Gasteiger partial charge is 0.398 e. The van der Waals surface area contributed by atoms with Crippen molar-refractivity contribution in [3.63, 3.8) is 0 Å². The molecule has 0 heterocycles. The molecule has 0 aliphatic heterocycles. The second-order valence-corrected chi connectivity index (χ2v) is 5.08. The molecule has 0 saturated carbocycles. The van der Waals surface area contributed by atoms with E-state index in [4.69, 9.17) is 10.5 Å². The van der Waals surface area contributed by atoms with Gasteiger partial charge in [0.15, 0.2) is 0 Å². The molecule has 3 N–H and O–H groups in total. The molecule has 0 saturated heterocycles. The zero-order valence-electron chi connectivity index (χ0n) is 12.0. The van der Waals surface area contributed by atoms with E-state index in [1.54, 1.807) is 0 Å². The Morgan fingerprint density at radius 1 is 1.38 bits per heavy atom. The second-order valence-electron chi connectivity index (χ2n) is 5.08. The number of amides is 1. The van der Waals surface area contributed by atoms with Gasteiger partial charge in [-0.05, 0) is 30.5 Å². The van der Waals surface area contributed by atoms with Crippen LogP contribution in [0.15, 0.2) is 18.2 Å². The van der Waals surface area contributed by atoms with Crippen LogP contribution in [-0.2, 0) is 15.7 Å². The first-order valence-corrected chi connectivity index (χ1v) is 6.54. The zero-order chi connectivity index (χ0) is 16.0. The molecule has 118 valence electrons. The third-order valence-electron chi connectivity index (χ3n) is 2.72. The van der Waals surface area contributed by atoms with Crippen molar-refractivity contribution in [2.45, 2.75) is 26.4 Å². The fourth-order valence-electron chi connectivity index (χ4n) is 1.56. The molecule has 0 aliphatic rings. The van der Waals surface area contributed by atoms with Gasteiger partial charge >= 0.3 is 6.18 Å². The first-order chi connectivity index (χ1) is 9.70. The molecule has 0 aromatic heterocycles. The van der Waals surface area contributed by atoms with Crippen molar-refractivity contribution in [3.8, 4) is 0 Å². The lowest BCUT2D eigenvalue weighted by Gasteiger charge is -2.12. The fourth-order valence-corrected chi connectivity index (χ4v) is 1.56. The van der Waals surface area contributed by atoms with Gasteiger partial charge in [0.25, 0.3) is 0 Å². The number of ether oxygens (including phenoxy) is 1. The molecule has 0 bridgehead atoms. The third-order valence-corrected chi connectivity index (χ3v) is 2.72. The van der Waals surface area contributed by atoms with Gasteiger partial charge in [-0.25, -0.2) is 0 Å². The molecule has 1 aromatic carbocycles. The van der Waals surface area contributed by atoms with Crippen molar-refractivity contribution in [1.82, 2.24) is 0 Å². The predicted octanol–water partition coefficient (Wildman–Crippen LogP) is 3.29. The van der Waals surface area contributed by atoms with Gasteiger partial charge in [0.2, 0.25) is 5.91 Å². The number of halogens is 3. The zero-order valence-corrected chi connectivity index (χ0v) is 12.0.